The quantitative estimate of drug-likeness (QED) is 0.930. The summed E-state index contributed by atoms with van der Waals surface area (Å²) in [7, 11) is 0. The van der Waals surface area contributed by atoms with Crippen molar-refractivity contribution in [3.63, 3.8) is 0 Å². The second-order valence-electron chi connectivity index (χ2n) is 5.49. The Bertz CT molecular complexity index is 513. The first-order valence-electron chi connectivity index (χ1n) is 6.96. The first kappa shape index (κ1) is 13.0. The van der Waals surface area contributed by atoms with Crippen LogP contribution >= 0.6 is 11.3 Å². The molecule has 1 saturated carbocycles. The molecule has 19 heavy (non-hydrogen) atoms. The zero-order valence-electron chi connectivity index (χ0n) is 11.1. The number of para-hydroxylation sites is 1. The topological polar surface area (TPSA) is 48.1 Å². The molecule has 0 bridgehead atoms. The van der Waals surface area contributed by atoms with Crippen LogP contribution in [0.2, 0.25) is 0 Å². The third-order valence-electron chi connectivity index (χ3n) is 3.80. The number of thiazole rings is 1. The van der Waals surface area contributed by atoms with Gasteiger partial charge in [0.05, 0.1) is 23.4 Å². The van der Waals surface area contributed by atoms with Crippen molar-refractivity contribution < 1.29 is 4.74 Å². The van der Waals surface area contributed by atoms with Crippen molar-refractivity contribution in [3.05, 3.63) is 29.3 Å². The first-order chi connectivity index (χ1) is 9.25. The third-order valence-corrected chi connectivity index (χ3v) is 4.81. The van der Waals surface area contributed by atoms with Gasteiger partial charge < -0.3 is 10.5 Å². The lowest BCUT2D eigenvalue weighted by atomic mass is 9.83. The molecule has 1 aliphatic carbocycles. The average Bonchev–Trinajstić information content (AvgIpc) is 2.82. The molecular weight excluding hydrogens is 256 g/mol. The fourth-order valence-corrected chi connectivity index (χ4v) is 3.63. The van der Waals surface area contributed by atoms with Crippen molar-refractivity contribution in [2.75, 3.05) is 6.61 Å². The number of hydrogen-bond acceptors (Lipinski definition) is 4. The molecule has 2 aromatic rings. The third kappa shape index (κ3) is 3.14. The van der Waals surface area contributed by atoms with Crippen LogP contribution in [-0.4, -0.2) is 17.1 Å². The molecule has 102 valence electrons. The van der Waals surface area contributed by atoms with Crippen LogP contribution in [0.1, 0.15) is 37.1 Å². The molecule has 1 aliphatic rings. The standard InChI is InChI=1S/C15H20N2OS/c16-15(8-4-1-5-9-15)11-18-10-14-17-12-6-2-3-7-13(12)19-14/h2-3,6-7H,1,4-5,8-11,16H2. The minimum atomic E-state index is -0.102. The van der Waals surface area contributed by atoms with Crippen molar-refractivity contribution in [1.29, 1.82) is 0 Å². The maximum Gasteiger partial charge on any atom is 0.120 e. The van der Waals surface area contributed by atoms with E-state index in [-0.39, 0.29) is 5.54 Å². The van der Waals surface area contributed by atoms with Crippen molar-refractivity contribution in [2.45, 2.75) is 44.2 Å². The highest BCUT2D eigenvalue weighted by molar-refractivity contribution is 7.18. The molecule has 0 unspecified atom stereocenters. The fraction of sp³-hybridized carbons (Fsp3) is 0.533. The van der Waals surface area contributed by atoms with Crippen LogP contribution < -0.4 is 5.73 Å². The number of rotatable bonds is 4. The smallest absolute Gasteiger partial charge is 0.120 e. The lowest BCUT2D eigenvalue weighted by Crippen LogP contribution is -2.46. The molecule has 2 N–H and O–H groups in total. The van der Waals surface area contributed by atoms with Gasteiger partial charge >= 0.3 is 0 Å². The van der Waals surface area contributed by atoms with Gasteiger partial charge in [-0.1, -0.05) is 31.4 Å². The summed E-state index contributed by atoms with van der Waals surface area (Å²) in [5, 5.41) is 1.04. The van der Waals surface area contributed by atoms with Crippen molar-refractivity contribution in [2.24, 2.45) is 5.73 Å². The molecule has 3 rings (SSSR count). The summed E-state index contributed by atoms with van der Waals surface area (Å²) in [6, 6.07) is 8.20. The van der Waals surface area contributed by atoms with Crippen LogP contribution in [0.3, 0.4) is 0 Å². The molecule has 1 aromatic heterocycles. The van der Waals surface area contributed by atoms with Crippen molar-refractivity contribution >= 4 is 21.6 Å². The molecule has 0 radical (unpaired) electrons. The summed E-state index contributed by atoms with van der Waals surface area (Å²) in [6.07, 6.45) is 5.97. The molecule has 3 nitrogen and oxygen atoms in total. The van der Waals surface area contributed by atoms with E-state index in [1.54, 1.807) is 11.3 Å². The minimum Gasteiger partial charge on any atom is -0.372 e. The summed E-state index contributed by atoms with van der Waals surface area (Å²) in [5.74, 6) is 0. The van der Waals surface area contributed by atoms with E-state index < -0.39 is 0 Å². The average molecular weight is 276 g/mol. The van der Waals surface area contributed by atoms with E-state index >= 15 is 0 Å². The van der Waals surface area contributed by atoms with Crippen molar-refractivity contribution in [1.82, 2.24) is 4.98 Å². The maximum absolute atomic E-state index is 6.36. The van der Waals surface area contributed by atoms with Gasteiger partial charge in [-0.2, -0.15) is 0 Å². The minimum absolute atomic E-state index is 0.102. The number of fused-ring (bicyclic) bond motifs is 1. The molecule has 0 saturated heterocycles. The Morgan fingerprint density at radius 3 is 2.79 bits per heavy atom. The fourth-order valence-electron chi connectivity index (χ4n) is 2.72. The molecular formula is C15H20N2OS. The largest absolute Gasteiger partial charge is 0.372 e. The molecule has 0 amide bonds. The van der Waals surface area contributed by atoms with Crippen LogP contribution in [0.5, 0.6) is 0 Å². The van der Waals surface area contributed by atoms with Gasteiger partial charge in [0.25, 0.3) is 0 Å². The van der Waals surface area contributed by atoms with Crippen LogP contribution in [0, 0.1) is 0 Å². The second kappa shape index (κ2) is 5.57. The predicted molar refractivity (Wildman–Crippen MR) is 79.3 cm³/mol. The number of ether oxygens (including phenoxy) is 1. The van der Waals surface area contributed by atoms with Gasteiger partial charge in [-0.25, -0.2) is 4.98 Å². The number of aromatic nitrogens is 1. The van der Waals surface area contributed by atoms with E-state index in [9.17, 15) is 0 Å². The Balaban J connectivity index is 1.57. The van der Waals surface area contributed by atoms with Gasteiger partial charge in [0.2, 0.25) is 0 Å². The summed E-state index contributed by atoms with van der Waals surface area (Å²) in [5.41, 5.74) is 7.32. The molecule has 1 fully saturated rings. The molecule has 0 atom stereocenters. The summed E-state index contributed by atoms with van der Waals surface area (Å²) in [6.45, 7) is 1.24. The highest BCUT2D eigenvalue weighted by Gasteiger charge is 2.27. The zero-order chi connectivity index (χ0) is 13.1. The summed E-state index contributed by atoms with van der Waals surface area (Å²) in [4.78, 5) is 4.57. The Morgan fingerprint density at radius 2 is 2.00 bits per heavy atom. The normalized spacial score (nSPS) is 18.8. The van der Waals surface area contributed by atoms with Gasteiger partial charge in [0.15, 0.2) is 0 Å². The number of benzene rings is 1. The van der Waals surface area contributed by atoms with Gasteiger partial charge in [-0.05, 0) is 25.0 Å². The SMILES string of the molecule is NC1(COCc2nc3ccccc3s2)CCCCC1. The van der Waals surface area contributed by atoms with Gasteiger partial charge in [0, 0.05) is 5.54 Å². The molecule has 4 heteroatoms. The van der Waals surface area contributed by atoms with E-state index in [2.05, 4.69) is 11.1 Å². The van der Waals surface area contributed by atoms with E-state index in [0.717, 1.165) is 23.4 Å². The Morgan fingerprint density at radius 1 is 1.21 bits per heavy atom. The van der Waals surface area contributed by atoms with Crippen LogP contribution in [0.25, 0.3) is 10.2 Å². The van der Waals surface area contributed by atoms with Crippen LogP contribution in [0.15, 0.2) is 24.3 Å². The van der Waals surface area contributed by atoms with E-state index in [1.165, 1.54) is 24.0 Å². The monoisotopic (exact) mass is 276 g/mol. The number of nitrogens with two attached hydrogens (primary N) is 1. The van der Waals surface area contributed by atoms with E-state index in [1.807, 2.05) is 18.2 Å². The second-order valence-corrected chi connectivity index (χ2v) is 6.61. The maximum atomic E-state index is 6.36. The van der Waals surface area contributed by atoms with Gasteiger partial charge in [-0.3, -0.25) is 0 Å². The summed E-state index contributed by atoms with van der Waals surface area (Å²) < 4.78 is 7.04. The Hall–Kier alpha value is -0.970. The Labute approximate surface area is 117 Å². The van der Waals surface area contributed by atoms with E-state index in [0.29, 0.717) is 13.2 Å². The van der Waals surface area contributed by atoms with Crippen LogP contribution in [-0.2, 0) is 11.3 Å². The highest BCUT2D eigenvalue weighted by atomic mass is 32.1. The lowest BCUT2D eigenvalue weighted by Gasteiger charge is -2.32. The van der Waals surface area contributed by atoms with Gasteiger partial charge in [0.1, 0.15) is 5.01 Å². The number of hydrogen-bond donors (Lipinski definition) is 1. The highest BCUT2D eigenvalue weighted by Crippen LogP contribution is 2.27. The van der Waals surface area contributed by atoms with E-state index in [4.69, 9.17) is 10.5 Å². The van der Waals surface area contributed by atoms with Crippen molar-refractivity contribution in [3.8, 4) is 0 Å². The molecule has 0 spiro atoms. The Kier molecular flexibility index (Phi) is 3.82. The van der Waals surface area contributed by atoms with Gasteiger partial charge in [-0.15, -0.1) is 11.3 Å². The molecule has 1 aromatic carbocycles. The first-order valence-corrected chi connectivity index (χ1v) is 7.78. The molecule has 1 heterocycles. The van der Waals surface area contributed by atoms with Crippen LogP contribution in [0.4, 0.5) is 0 Å². The predicted octanol–water partition coefficient (Wildman–Crippen LogP) is 3.47. The molecule has 0 aliphatic heterocycles. The lowest BCUT2D eigenvalue weighted by molar-refractivity contribution is 0.0574. The zero-order valence-corrected chi connectivity index (χ0v) is 11.9. The summed E-state index contributed by atoms with van der Waals surface area (Å²) >= 11 is 1.71. The number of nitrogens with zero attached hydrogens (tertiary/aromatic N) is 1.